The van der Waals surface area contributed by atoms with Crippen LogP contribution in [0, 0.1) is 0 Å². The number of phosphoric acid groups is 1. The van der Waals surface area contributed by atoms with Crippen molar-refractivity contribution < 1.29 is 37.3 Å². The second-order valence-corrected chi connectivity index (χ2v) is 17.1. The zero-order chi connectivity index (χ0) is 39.1. The number of nitrogens with zero attached hydrogens (tertiary/aromatic N) is 1. The van der Waals surface area contributed by atoms with Crippen LogP contribution in [0.4, 0.5) is 0 Å². The van der Waals surface area contributed by atoms with Gasteiger partial charge in [-0.15, -0.1) is 0 Å². The topological polar surface area (TPSA) is 94.1 Å². The molecule has 0 saturated carbocycles. The standard InChI is InChI=1S/C44H84NO7P/c1-6-8-10-12-14-16-18-20-22-24-26-28-30-32-34-36-39-49-41-43(42-51-53(47,48)50-40-38-45(3,4)5)52-44(46)37-35-33-31-29-27-25-23-21-19-17-15-13-11-9-7-2/h15,17,20-23,43H,6-14,16,18-19,24-42H2,1-5H3/b17-15-,22-20-,23-21-. The highest BCUT2D eigenvalue weighted by molar-refractivity contribution is 7.45. The van der Waals surface area contributed by atoms with Crippen LogP contribution in [0.1, 0.15) is 181 Å². The molecule has 0 aliphatic rings. The van der Waals surface area contributed by atoms with Crippen LogP contribution in [0.2, 0.25) is 0 Å². The smallest absolute Gasteiger partial charge is 0.306 e. The Morgan fingerprint density at radius 2 is 1.04 bits per heavy atom. The number of allylic oxidation sites excluding steroid dienone is 6. The molecule has 0 rings (SSSR count). The summed E-state index contributed by atoms with van der Waals surface area (Å²) in [6.45, 7) is 5.35. The van der Waals surface area contributed by atoms with Crippen molar-refractivity contribution >= 4 is 13.8 Å². The van der Waals surface area contributed by atoms with Crippen LogP contribution in [0.15, 0.2) is 36.5 Å². The average molecular weight is 770 g/mol. The number of hydrogen-bond acceptors (Lipinski definition) is 7. The molecule has 0 aromatic heterocycles. The van der Waals surface area contributed by atoms with Crippen LogP contribution >= 0.6 is 7.82 Å². The third-order valence-corrected chi connectivity index (χ3v) is 10.1. The number of esters is 1. The fourth-order valence-corrected chi connectivity index (χ4v) is 6.47. The highest BCUT2D eigenvalue weighted by Crippen LogP contribution is 2.38. The number of quaternary nitrogens is 1. The maximum atomic E-state index is 12.7. The van der Waals surface area contributed by atoms with E-state index in [1.807, 2.05) is 21.1 Å². The molecule has 9 heteroatoms. The van der Waals surface area contributed by atoms with Crippen molar-refractivity contribution in [3.05, 3.63) is 36.5 Å². The molecule has 2 atom stereocenters. The molecule has 0 radical (unpaired) electrons. The Morgan fingerprint density at radius 3 is 1.58 bits per heavy atom. The minimum atomic E-state index is -4.53. The lowest BCUT2D eigenvalue weighted by Gasteiger charge is -2.28. The third-order valence-electron chi connectivity index (χ3n) is 9.16. The lowest BCUT2D eigenvalue weighted by Crippen LogP contribution is -2.37. The van der Waals surface area contributed by atoms with Crippen LogP contribution in [0.5, 0.6) is 0 Å². The summed E-state index contributed by atoms with van der Waals surface area (Å²) in [7, 11) is 1.34. The fraction of sp³-hybridized carbons (Fsp3) is 0.841. The first-order chi connectivity index (χ1) is 25.6. The summed E-state index contributed by atoms with van der Waals surface area (Å²) in [6, 6.07) is 0. The van der Waals surface area contributed by atoms with E-state index in [-0.39, 0.29) is 25.8 Å². The van der Waals surface area contributed by atoms with Crippen molar-refractivity contribution in [2.24, 2.45) is 0 Å². The van der Waals surface area contributed by atoms with E-state index in [1.165, 1.54) is 103 Å². The largest absolute Gasteiger partial charge is 0.756 e. The molecule has 0 aliphatic heterocycles. The Hall–Kier alpha value is -1.28. The first-order valence-electron chi connectivity index (χ1n) is 21.7. The molecular weight excluding hydrogens is 685 g/mol. The summed E-state index contributed by atoms with van der Waals surface area (Å²) in [6.07, 6.45) is 42.9. The zero-order valence-corrected chi connectivity index (χ0v) is 36.1. The molecular formula is C44H84NO7P. The van der Waals surface area contributed by atoms with Crippen molar-refractivity contribution in [2.75, 3.05) is 54.1 Å². The highest BCUT2D eigenvalue weighted by Gasteiger charge is 2.20. The van der Waals surface area contributed by atoms with Crippen LogP contribution < -0.4 is 4.89 Å². The first-order valence-corrected chi connectivity index (χ1v) is 23.2. The maximum absolute atomic E-state index is 12.7. The van der Waals surface area contributed by atoms with Crippen LogP contribution in [-0.4, -0.2) is 70.7 Å². The molecule has 8 nitrogen and oxygen atoms in total. The first kappa shape index (κ1) is 51.7. The van der Waals surface area contributed by atoms with E-state index in [1.54, 1.807) is 0 Å². The van der Waals surface area contributed by atoms with Gasteiger partial charge in [0, 0.05) is 13.0 Å². The minimum absolute atomic E-state index is 0.0218. The SMILES string of the molecule is CCCCC/C=C\C/C=C\CCCCCCCC(=O)OC(COCCCCCCCC/C=C\CCCCCCCC)COP(=O)([O-])OCC[N+](C)(C)C. The van der Waals surface area contributed by atoms with Gasteiger partial charge in [0.1, 0.15) is 19.3 Å². The molecule has 0 spiro atoms. The molecule has 0 aromatic rings. The van der Waals surface area contributed by atoms with Crippen LogP contribution in [-0.2, 0) is 27.9 Å². The van der Waals surface area contributed by atoms with Crippen molar-refractivity contribution in [3.8, 4) is 0 Å². The predicted molar refractivity (Wildman–Crippen MR) is 222 cm³/mol. The molecule has 0 aromatic carbocycles. The van der Waals surface area contributed by atoms with Crippen molar-refractivity contribution in [1.82, 2.24) is 0 Å². The number of ether oxygens (including phenoxy) is 2. The second-order valence-electron chi connectivity index (χ2n) is 15.7. The summed E-state index contributed by atoms with van der Waals surface area (Å²) >= 11 is 0. The molecule has 0 aliphatic carbocycles. The lowest BCUT2D eigenvalue weighted by molar-refractivity contribution is -0.870. The highest BCUT2D eigenvalue weighted by atomic mass is 31.2. The predicted octanol–water partition coefficient (Wildman–Crippen LogP) is 12.0. The number of carbonyl (C=O) groups is 1. The van der Waals surface area contributed by atoms with Gasteiger partial charge >= 0.3 is 5.97 Å². The van der Waals surface area contributed by atoms with Gasteiger partial charge in [0.25, 0.3) is 7.82 Å². The van der Waals surface area contributed by atoms with Gasteiger partial charge < -0.3 is 27.9 Å². The van der Waals surface area contributed by atoms with Gasteiger partial charge in [0.05, 0.1) is 34.4 Å². The molecule has 0 amide bonds. The Kier molecular flexibility index (Phi) is 36.7. The van der Waals surface area contributed by atoms with E-state index < -0.39 is 13.9 Å². The normalized spacial score (nSPS) is 14.2. The summed E-state index contributed by atoms with van der Waals surface area (Å²) < 4.78 is 34.5. The van der Waals surface area contributed by atoms with Gasteiger partial charge in [-0.05, 0) is 70.6 Å². The molecule has 312 valence electrons. The Labute approximate surface area is 327 Å². The Balaban J connectivity index is 4.28. The van der Waals surface area contributed by atoms with E-state index in [0.29, 0.717) is 24.1 Å². The molecule has 0 N–H and O–H groups in total. The Bertz CT molecular complexity index is 947. The van der Waals surface area contributed by atoms with Gasteiger partial charge in [-0.2, -0.15) is 0 Å². The molecule has 2 unspecified atom stereocenters. The number of unbranched alkanes of at least 4 members (excludes halogenated alkanes) is 20. The number of likely N-dealkylation sites (N-methyl/N-ethyl adjacent to an activating group) is 1. The van der Waals surface area contributed by atoms with Crippen LogP contribution in [0.25, 0.3) is 0 Å². The van der Waals surface area contributed by atoms with Crippen molar-refractivity contribution in [3.63, 3.8) is 0 Å². The monoisotopic (exact) mass is 770 g/mol. The van der Waals surface area contributed by atoms with E-state index in [0.717, 1.165) is 57.8 Å². The van der Waals surface area contributed by atoms with E-state index in [2.05, 4.69) is 50.3 Å². The van der Waals surface area contributed by atoms with Crippen molar-refractivity contribution in [1.29, 1.82) is 0 Å². The molecule has 0 bridgehead atoms. The summed E-state index contributed by atoms with van der Waals surface area (Å²) in [5.74, 6) is -0.350. The van der Waals surface area contributed by atoms with E-state index >= 15 is 0 Å². The Morgan fingerprint density at radius 1 is 0.585 bits per heavy atom. The summed E-state index contributed by atoms with van der Waals surface area (Å²) in [5.41, 5.74) is 0. The summed E-state index contributed by atoms with van der Waals surface area (Å²) in [5, 5.41) is 0. The third kappa shape index (κ3) is 41.7. The average Bonchev–Trinajstić information content (AvgIpc) is 3.11. The minimum Gasteiger partial charge on any atom is -0.756 e. The molecule has 0 fully saturated rings. The van der Waals surface area contributed by atoms with Gasteiger partial charge in [0.15, 0.2) is 0 Å². The molecule has 0 heterocycles. The molecule has 0 saturated heterocycles. The maximum Gasteiger partial charge on any atom is 0.306 e. The van der Waals surface area contributed by atoms with Crippen LogP contribution in [0.3, 0.4) is 0 Å². The molecule has 53 heavy (non-hydrogen) atoms. The zero-order valence-electron chi connectivity index (χ0n) is 35.2. The van der Waals surface area contributed by atoms with Gasteiger partial charge in [-0.25, -0.2) is 0 Å². The fourth-order valence-electron chi connectivity index (χ4n) is 5.75. The number of carbonyl (C=O) groups excluding carboxylic acids is 1. The van der Waals surface area contributed by atoms with E-state index in [9.17, 15) is 14.3 Å². The second kappa shape index (κ2) is 37.6. The lowest BCUT2D eigenvalue weighted by atomic mass is 10.1. The summed E-state index contributed by atoms with van der Waals surface area (Å²) in [4.78, 5) is 25.0. The number of phosphoric ester groups is 1. The number of rotatable bonds is 40. The van der Waals surface area contributed by atoms with Gasteiger partial charge in [-0.1, -0.05) is 140 Å². The van der Waals surface area contributed by atoms with Crippen molar-refractivity contribution in [2.45, 2.75) is 187 Å². The number of hydrogen-bond donors (Lipinski definition) is 0. The van der Waals surface area contributed by atoms with Gasteiger partial charge in [0.2, 0.25) is 0 Å². The van der Waals surface area contributed by atoms with E-state index in [4.69, 9.17) is 18.5 Å². The quantitative estimate of drug-likeness (QED) is 0.0201. The van der Waals surface area contributed by atoms with Gasteiger partial charge in [-0.3, -0.25) is 9.36 Å².